The fourth-order valence-electron chi connectivity index (χ4n) is 6.08. The van der Waals surface area contributed by atoms with E-state index < -0.39 is 0 Å². The highest BCUT2D eigenvalue weighted by Gasteiger charge is 2.19. The van der Waals surface area contributed by atoms with E-state index in [9.17, 15) is 0 Å². The molecule has 0 aliphatic heterocycles. The summed E-state index contributed by atoms with van der Waals surface area (Å²) in [6.07, 6.45) is 0. The number of hydrogen-bond acceptors (Lipinski definition) is 2. The monoisotopic (exact) mass is 488 g/mol. The van der Waals surface area contributed by atoms with Gasteiger partial charge in [-0.1, -0.05) is 66.7 Å². The topological polar surface area (TPSA) is 61.9 Å². The zero-order valence-electron chi connectivity index (χ0n) is 20.6. The maximum atomic E-state index is 6.27. The van der Waals surface area contributed by atoms with Gasteiger partial charge in [0.2, 0.25) is 0 Å². The second-order valence-electron chi connectivity index (χ2n) is 9.90. The molecule has 4 heteroatoms. The molecule has 2 aromatic heterocycles. The first-order valence-electron chi connectivity index (χ1n) is 12.8. The van der Waals surface area contributed by atoms with Gasteiger partial charge in [-0.2, -0.15) is 0 Å². The Morgan fingerprint density at radius 1 is 0.395 bits per heavy atom. The van der Waals surface area contributed by atoms with Crippen molar-refractivity contribution in [3.63, 3.8) is 0 Å². The molecule has 0 saturated carbocycles. The van der Waals surface area contributed by atoms with E-state index >= 15 is 0 Å². The number of rotatable bonds is 2. The molecule has 4 N–H and O–H groups in total. The molecular formula is C34H24N4. The van der Waals surface area contributed by atoms with Crippen LogP contribution >= 0.6 is 0 Å². The van der Waals surface area contributed by atoms with Crippen molar-refractivity contribution in [2.75, 3.05) is 11.5 Å². The van der Waals surface area contributed by atoms with Crippen molar-refractivity contribution < 1.29 is 0 Å². The normalized spacial score (nSPS) is 11.9. The Morgan fingerprint density at radius 3 is 1.95 bits per heavy atom. The fraction of sp³-hybridized carbons (Fsp3) is 0. The first-order valence-corrected chi connectivity index (χ1v) is 12.8. The van der Waals surface area contributed by atoms with Crippen molar-refractivity contribution >= 4 is 65.8 Å². The highest BCUT2D eigenvalue weighted by atomic mass is 15.0. The van der Waals surface area contributed by atoms with Crippen molar-refractivity contribution in [3.05, 3.63) is 121 Å². The number of benzene rings is 6. The van der Waals surface area contributed by atoms with Crippen LogP contribution in [0, 0.1) is 0 Å². The highest BCUT2D eigenvalue weighted by Crippen LogP contribution is 2.42. The van der Waals surface area contributed by atoms with E-state index in [0.717, 1.165) is 22.4 Å². The van der Waals surface area contributed by atoms with Crippen LogP contribution in [0.4, 0.5) is 11.4 Å². The number of nitrogens with zero attached hydrogens (tertiary/aromatic N) is 2. The van der Waals surface area contributed by atoms with E-state index in [-0.39, 0.29) is 0 Å². The zero-order chi connectivity index (χ0) is 25.4. The largest absolute Gasteiger partial charge is 0.397 e. The van der Waals surface area contributed by atoms with Crippen LogP contribution in [0.5, 0.6) is 0 Å². The van der Waals surface area contributed by atoms with E-state index in [1.807, 2.05) is 18.2 Å². The molecule has 0 saturated heterocycles. The van der Waals surface area contributed by atoms with Crippen LogP contribution in [0.1, 0.15) is 0 Å². The van der Waals surface area contributed by atoms with Gasteiger partial charge in [-0.15, -0.1) is 0 Å². The van der Waals surface area contributed by atoms with Gasteiger partial charge in [-0.25, -0.2) is 0 Å². The maximum absolute atomic E-state index is 6.27. The van der Waals surface area contributed by atoms with Gasteiger partial charge >= 0.3 is 0 Å². The Hall–Kier alpha value is -5.22. The molecule has 0 bridgehead atoms. The lowest BCUT2D eigenvalue weighted by Gasteiger charge is -2.11. The third-order valence-electron chi connectivity index (χ3n) is 7.79. The predicted octanol–water partition coefficient (Wildman–Crippen LogP) is 8.20. The van der Waals surface area contributed by atoms with Crippen LogP contribution in [-0.4, -0.2) is 9.13 Å². The third kappa shape index (κ3) is 2.80. The van der Waals surface area contributed by atoms with Crippen LogP contribution in [0.25, 0.3) is 65.8 Å². The van der Waals surface area contributed by atoms with Gasteiger partial charge in [0.05, 0.1) is 33.4 Å². The summed E-state index contributed by atoms with van der Waals surface area (Å²) in [5.41, 5.74) is 20.3. The molecule has 0 atom stereocenters. The lowest BCUT2D eigenvalue weighted by molar-refractivity contribution is 1.17. The molecule has 180 valence electrons. The van der Waals surface area contributed by atoms with Crippen molar-refractivity contribution in [2.24, 2.45) is 0 Å². The Balaban J connectivity index is 1.61. The summed E-state index contributed by atoms with van der Waals surface area (Å²) in [5.74, 6) is 0. The van der Waals surface area contributed by atoms with Gasteiger partial charge in [0.1, 0.15) is 0 Å². The Morgan fingerprint density at radius 2 is 1.11 bits per heavy atom. The van der Waals surface area contributed by atoms with Gasteiger partial charge in [0.25, 0.3) is 0 Å². The molecule has 8 aromatic rings. The smallest absolute Gasteiger partial charge is 0.0568 e. The van der Waals surface area contributed by atoms with Gasteiger partial charge < -0.3 is 20.6 Å². The summed E-state index contributed by atoms with van der Waals surface area (Å²) in [6.45, 7) is 0. The average Bonchev–Trinajstić information content (AvgIpc) is 3.46. The first kappa shape index (κ1) is 20.9. The van der Waals surface area contributed by atoms with Crippen molar-refractivity contribution in [2.45, 2.75) is 0 Å². The number of nitrogens with two attached hydrogens (primary N) is 2. The second kappa shape index (κ2) is 7.64. The Kier molecular flexibility index (Phi) is 4.21. The van der Waals surface area contributed by atoms with Crippen LogP contribution in [0.2, 0.25) is 0 Å². The molecule has 8 rings (SSSR count). The second-order valence-corrected chi connectivity index (χ2v) is 9.90. The maximum Gasteiger partial charge on any atom is 0.0568 e. The van der Waals surface area contributed by atoms with Crippen molar-refractivity contribution in [3.8, 4) is 11.4 Å². The highest BCUT2D eigenvalue weighted by molar-refractivity contribution is 6.25. The van der Waals surface area contributed by atoms with Gasteiger partial charge in [0, 0.05) is 32.9 Å². The quantitative estimate of drug-likeness (QED) is 0.241. The molecule has 0 fully saturated rings. The van der Waals surface area contributed by atoms with Crippen LogP contribution < -0.4 is 11.5 Å². The molecule has 4 nitrogen and oxygen atoms in total. The minimum Gasteiger partial charge on any atom is -0.397 e. The van der Waals surface area contributed by atoms with E-state index in [1.54, 1.807) is 0 Å². The number of aromatic nitrogens is 2. The molecule has 0 unspecified atom stereocenters. The Labute approximate surface area is 218 Å². The SMILES string of the molecule is Nc1ccc(-n2c3ccccc3c3cc4c5c6ccccc6ccc5n(-c5ccccc5)c4cc32)cc1N. The Bertz CT molecular complexity index is 2200. The molecule has 0 spiro atoms. The molecule has 6 aromatic carbocycles. The molecule has 0 aliphatic carbocycles. The average molecular weight is 489 g/mol. The van der Waals surface area contributed by atoms with E-state index in [2.05, 4.69) is 112 Å². The van der Waals surface area contributed by atoms with E-state index in [4.69, 9.17) is 11.5 Å². The molecule has 0 aliphatic rings. The summed E-state index contributed by atoms with van der Waals surface area (Å²) < 4.78 is 4.68. The first-order chi connectivity index (χ1) is 18.7. The van der Waals surface area contributed by atoms with Gasteiger partial charge in [0.15, 0.2) is 0 Å². The fourth-order valence-corrected chi connectivity index (χ4v) is 6.08. The van der Waals surface area contributed by atoms with Crippen LogP contribution in [-0.2, 0) is 0 Å². The lowest BCUT2D eigenvalue weighted by Crippen LogP contribution is -1.99. The molecular weight excluding hydrogens is 464 g/mol. The molecule has 0 amide bonds. The minimum atomic E-state index is 0.583. The van der Waals surface area contributed by atoms with Gasteiger partial charge in [-0.05, 0) is 65.4 Å². The summed E-state index contributed by atoms with van der Waals surface area (Å²) >= 11 is 0. The predicted molar refractivity (Wildman–Crippen MR) is 161 cm³/mol. The summed E-state index contributed by atoms with van der Waals surface area (Å²) in [4.78, 5) is 0. The van der Waals surface area contributed by atoms with Crippen LogP contribution in [0.15, 0.2) is 121 Å². The standard InChI is InChI=1S/C34H24N4/c35-28-16-15-23(18-29(28)36)38-30-13-7-6-12-25(30)26-19-27-33(20-32(26)38)37(22-9-2-1-3-10-22)31-17-14-21-8-4-5-11-24(21)34(27)31/h1-20H,35-36H2. The van der Waals surface area contributed by atoms with E-state index in [0.29, 0.717) is 11.4 Å². The van der Waals surface area contributed by atoms with Crippen LogP contribution in [0.3, 0.4) is 0 Å². The third-order valence-corrected chi connectivity index (χ3v) is 7.79. The lowest BCUT2D eigenvalue weighted by atomic mass is 10.0. The number of nitrogen functional groups attached to an aromatic ring is 2. The number of anilines is 2. The minimum absolute atomic E-state index is 0.583. The van der Waals surface area contributed by atoms with Gasteiger partial charge in [-0.3, -0.25) is 0 Å². The van der Waals surface area contributed by atoms with Crippen molar-refractivity contribution in [1.82, 2.24) is 9.13 Å². The summed E-state index contributed by atoms with van der Waals surface area (Å²) in [6, 6.07) is 42.9. The molecule has 2 heterocycles. The number of hydrogen-bond donors (Lipinski definition) is 2. The molecule has 38 heavy (non-hydrogen) atoms. The molecule has 0 radical (unpaired) electrons. The summed E-state index contributed by atoms with van der Waals surface area (Å²) in [7, 11) is 0. The summed E-state index contributed by atoms with van der Waals surface area (Å²) in [5, 5.41) is 7.44. The van der Waals surface area contributed by atoms with Crippen molar-refractivity contribution in [1.29, 1.82) is 0 Å². The number of para-hydroxylation sites is 2. The number of fused-ring (bicyclic) bond motifs is 8. The van der Waals surface area contributed by atoms with E-state index in [1.165, 1.54) is 43.4 Å². The zero-order valence-corrected chi connectivity index (χ0v) is 20.6.